The summed E-state index contributed by atoms with van der Waals surface area (Å²) in [5.41, 5.74) is 0. The summed E-state index contributed by atoms with van der Waals surface area (Å²) in [4.78, 5) is 37.8. The Kier molecular flexibility index (Phi) is 48.0. The molecule has 68 heavy (non-hydrogen) atoms. The molecule has 0 aromatic rings. The second kappa shape index (κ2) is 49.7. The number of likely N-dealkylation sites (N-methyl/N-ethyl adjacent to an activating group) is 1. The molecule has 0 rings (SSSR count). The highest BCUT2D eigenvalue weighted by molar-refractivity contribution is 7.45. The minimum absolute atomic E-state index is 0.0463. The molecule has 0 aliphatic heterocycles. The molecule has 0 radical (unpaired) electrons. The molecule has 0 aromatic heterocycles. The molecule has 0 aliphatic rings. The van der Waals surface area contributed by atoms with Gasteiger partial charge in [-0.25, -0.2) is 0 Å². The normalized spacial score (nSPS) is 13.8. The van der Waals surface area contributed by atoms with E-state index in [1.807, 2.05) is 27.2 Å². The summed E-state index contributed by atoms with van der Waals surface area (Å²) in [5.74, 6) is -0.932. The van der Waals surface area contributed by atoms with E-state index in [4.69, 9.17) is 18.5 Å². The number of hydrogen-bond donors (Lipinski definition) is 0. The van der Waals surface area contributed by atoms with Gasteiger partial charge in [-0.05, 0) is 70.6 Å². The highest BCUT2D eigenvalue weighted by Gasteiger charge is 2.21. The van der Waals surface area contributed by atoms with Crippen molar-refractivity contribution >= 4 is 19.8 Å². The van der Waals surface area contributed by atoms with E-state index >= 15 is 0 Å². The van der Waals surface area contributed by atoms with Gasteiger partial charge in [0.2, 0.25) is 0 Å². The van der Waals surface area contributed by atoms with E-state index in [0.717, 1.165) is 32.1 Å². The van der Waals surface area contributed by atoms with Crippen molar-refractivity contribution in [3.63, 3.8) is 0 Å². The number of carbonyl (C=O) groups excluding carboxylic acids is 2. The van der Waals surface area contributed by atoms with Gasteiger partial charge >= 0.3 is 11.9 Å². The zero-order chi connectivity index (χ0) is 49.9. The lowest BCUT2D eigenvalue weighted by atomic mass is 10.0. The van der Waals surface area contributed by atoms with Crippen LogP contribution >= 0.6 is 7.82 Å². The van der Waals surface area contributed by atoms with Gasteiger partial charge in [-0.3, -0.25) is 14.2 Å². The summed E-state index contributed by atoms with van der Waals surface area (Å²) in [6, 6.07) is 0. The number of quaternary nitrogens is 1. The fraction of sp³-hybridized carbons (Fsp3) is 0.793. The Hall–Kier alpha value is -2.29. The molecular weight excluding hydrogens is 870 g/mol. The molecule has 0 aliphatic carbocycles. The largest absolute Gasteiger partial charge is 0.756 e. The predicted molar refractivity (Wildman–Crippen MR) is 287 cm³/mol. The minimum atomic E-state index is -4.66. The molecular formula is C58H106NO8P. The zero-order valence-corrected chi connectivity index (χ0v) is 45.7. The molecule has 396 valence electrons. The van der Waals surface area contributed by atoms with E-state index in [1.165, 1.54) is 167 Å². The molecule has 0 N–H and O–H groups in total. The number of rotatable bonds is 51. The fourth-order valence-electron chi connectivity index (χ4n) is 7.65. The van der Waals surface area contributed by atoms with E-state index < -0.39 is 32.5 Å². The van der Waals surface area contributed by atoms with Gasteiger partial charge in [-0.1, -0.05) is 222 Å². The first kappa shape index (κ1) is 65.7. The SMILES string of the molecule is CCCCCCCCC/C=C/C/C=C/C/C=C/C/C=C/CCCC(=O)O[C@H](COC(=O)CCC/C=C/CCCCCCCCCCCCCCCCCCCC)COP(=O)([O-])OCC[N+](C)(C)C. The molecule has 0 saturated heterocycles. The quantitative estimate of drug-likeness (QED) is 0.0195. The Labute approximate surface area is 419 Å². The third-order valence-electron chi connectivity index (χ3n) is 12.0. The summed E-state index contributed by atoms with van der Waals surface area (Å²) < 4.78 is 34.0. The number of hydrogen-bond acceptors (Lipinski definition) is 8. The molecule has 1 unspecified atom stereocenters. The molecule has 9 nitrogen and oxygen atoms in total. The predicted octanol–water partition coefficient (Wildman–Crippen LogP) is 16.5. The number of phosphoric acid groups is 1. The molecule has 0 amide bonds. The van der Waals surface area contributed by atoms with Crippen molar-refractivity contribution in [1.82, 2.24) is 0 Å². The van der Waals surface area contributed by atoms with Gasteiger partial charge < -0.3 is 27.9 Å². The lowest BCUT2D eigenvalue weighted by Crippen LogP contribution is -2.37. The van der Waals surface area contributed by atoms with Crippen molar-refractivity contribution in [3.8, 4) is 0 Å². The van der Waals surface area contributed by atoms with Gasteiger partial charge in [0.05, 0.1) is 27.7 Å². The summed E-state index contributed by atoms with van der Waals surface area (Å²) in [5, 5.41) is 0. The Morgan fingerprint density at radius 2 is 0.794 bits per heavy atom. The number of esters is 2. The van der Waals surface area contributed by atoms with E-state index in [-0.39, 0.29) is 26.1 Å². The van der Waals surface area contributed by atoms with Crippen molar-refractivity contribution in [2.24, 2.45) is 0 Å². The average Bonchev–Trinajstić information content (AvgIpc) is 3.30. The van der Waals surface area contributed by atoms with Gasteiger partial charge in [-0.2, -0.15) is 0 Å². The first-order chi connectivity index (χ1) is 33.0. The van der Waals surface area contributed by atoms with Crippen LogP contribution in [0.15, 0.2) is 60.8 Å². The number of allylic oxidation sites excluding steroid dienone is 10. The van der Waals surface area contributed by atoms with E-state index in [0.29, 0.717) is 30.3 Å². The number of carbonyl (C=O) groups is 2. The smallest absolute Gasteiger partial charge is 0.306 e. The monoisotopic (exact) mass is 976 g/mol. The van der Waals surface area contributed by atoms with E-state index in [2.05, 4.69) is 68.5 Å². The van der Waals surface area contributed by atoms with Crippen LogP contribution in [0, 0.1) is 0 Å². The topological polar surface area (TPSA) is 111 Å². The molecule has 0 bridgehead atoms. The van der Waals surface area contributed by atoms with Crippen LogP contribution in [0.4, 0.5) is 0 Å². The van der Waals surface area contributed by atoms with Crippen molar-refractivity contribution in [2.45, 2.75) is 251 Å². The number of unbranched alkanes of at least 4 members (excludes halogenated alkanes) is 27. The molecule has 10 heteroatoms. The first-order valence-corrected chi connectivity index (χ1v) is 29.5. The Morgan fingerprint density at radius 3 is 1.19 bits per heavy atom. The third-order valence-corrected chi connectivity index (χ3v) is 13.0. The second-order valence-corrected chi connectivity index (χ2v) is 21.4. The van der Waals surface area contributed by atoms with Crippen LogP contribution in [0.5, 0.6) is 0 Å². The summed E-state index contributed by atoms with van der Waals surface area (Å²) in [7, 11) is 1.12. The lowest BCUT2D eigenvalue weighted by Gasteiger charge is -2.28. The molecule has 0 aromatic carbocycles. The molecule has 0 spiro atoms. The average molecular weight is 976 g/mol. The van der Waals surface area contributed by atoms with Gasteiger partial charge in [0.15, 0.2) is 6.10 Å². The van der Waals surface area contributed by atoms with Gasteiger partial charge in [0.1, 0.15) is 19.8 Å². The summed E-state index contributed by atoms with van der Waals surface area (Å²) in [6.45, 7) is 4.16. The van der Waals surface area contributed by atoms with Crippen LogP contribution in [0.2, 0.25) is 0 Å². The van der Waals surface area contributed by atoms with Gasteiger partial charge in [-0.15, -0.1) is 0 Å². The van der Waals surface area contributed by atoms with Gasteiger partial charge in [0, 0.05) is 12.8 Å². The van der Waals surface area contributed by atoms with Crippen LogP contribution in [0.25, 0.3) is 0 Å². The summed E-state index contributed by atoms with van der Waals surface area (Å²) >= 11 is 0. The van der Waals surface area contributed by atoms with E-state index in [1.54, 1.807) is 0 Å². The fourth-order valence-corrected chi connectivity index (χ4v) is 8.38. The van der Waals surface area contributed by atoms with Crippen molar-refractivity contribution < 1.29 is 42.1 Å². The summed E-state index contributed by atoms with van der Waals surface area (Å²) in [6.07, 6.45) is 62.9. The molecule has 0 heterocycles. The highest BCUT2D eigenvalue weighted by atomic mass is 31.2. The van der Waals surface area contributed by atoms with Crippen molar-refractivity contribution in [3.05, 3.63) is 60.8 Å². The van der Waals surface area contributed by atoms with Crippen LogP contribution in [0.3, 0.4) is 0 Å². The lowest BCUT2D eigenvalue weighted by molar-refractivity contribution is -0.870. The Morgan fingerprint density at radius 1 is 0.456 bits per heavy atom. The highest BCUT2D eigenvalue weighted by Crippen LogP contribution is 2.38. The molecule has 2 atom stereocenters. The minimum Gasteiger partial charge on any atom is -0.756 e. The zero-order valence-electron chi connectivity index (χ0n) is 44.8. The van der Waals surface area contributed by atoms with Crippen LogP contribution < -0.4 is 4.89 Å². The van der Waals surface area contributed by atoms with Gasteiger partial charge in [0.25, 0.3) is 7.82 Å². The second-order valence-electron chi connectivity index (χ2n) is 19.9. The number of ether oxygens (including phenoxy) is 2. The first-order valence-electron chi connectivity index (χ1n) is 28.0. The number of phosphoric ester groups is 1. The molecule has 0 fully saturated rings. The van der Waals surface area contributed by atoms with Crippen LogP contribution in [0.1, 0.15) is 245 Å². The maximum Gasteiger partial charge on any atom is 0.306 e. The number of nitrogens with zero attached hydrogens (tertiary/aromatic N) is 1. The third kappa shape index (κ3) is 53.1. The van der Waals surface area contributed by atoms with Crippen LogP contribution in [-0.4, -0.2) is 70.0 Å². The van der Waals surface area contributed by atoms with Crippen LogP contribution in [-0.2, 0) is 32.7 Å². The standard InChI is InChI=1S/C58H106NO8P/c1-6-8-10-12-14-16-18-20-22-24-26-28-29-31-32-34-36-38-40-42-44-46-48-50-57(60)64-54-56(55-66-68(62,63)65-53-52-59(3,4)5)67-58(61)51-49-47-45-43-41-39-37-35-33-30-27-25-23-21-19-17-15-13-11-9-7-2/h23,25,30,33,37,39,42-45,56H,6-22,24,26-29,31-32,34-36,38,40-41,46-55H2,1-5H3/b25-23+,33-30+,39-37+,44-42+,45-43+/t56-/m1/s1. The van der Waals surface area contributed by atoms with E-state index in [9.17, 15) is 19.0 Å². The molecule has 0 saturated carbocycles. The maximum atomic E-state index is 12.7. The Balaban J connectivity index is 4.30. The maximum absolute atomic E-state index is 12.7. The van der Waals surface area contributed by atoms with Crippen molar-refractivity contribution in [1.29, 1.82) is 0 Å². The van der Waals surface area contributed by atoms with Crippen molar-refractivity contribution in [2.75, 3.05) is 47.5 Å². The Bertz CT molecular complexity index is 1340.